The zero-order chi connectivity index (χ0) is 12.8. The van der Waals surface area contributed by atoms with Crippen molar-refractivity contribution in [1.82, 2.24) is 10.2 Å². The number of carbonyl (C=O) groups is 1. The lowest BCUT2D eigenvalue weighted by molar-refractivity contribution is -0.140. The highest BCUT2D eigenvalue weighted by molar-refractivity contribution is 5.73. The van der Waals surface area contributed by atoms with Crippen LogP contribution in [0, 0.1) is 5.92 Å². The zero-order valence-electron chi connectivity index (χ0n) is 11.3. The minimum Gasteiger partial charge on any atom is -0.480 e. The molecule has 4 heteroatoms. The molecule has 0 aromatic carbocycles. The van der Waals surface area contributed by atoms with E-state index in [0.717, 1.165) is 19.6 Å². The first kappa shape index (κ1) is 14.5. The first-order valence-corrected chi connectivity index (χ1v) is 6.72. The second-order valence-corrected chi connectivity index (χ2v) is 5.41. The third-order valence-corrected chi connectivity index (χ3v) is 3.58. The topological polar surface area (TPSA) is 52.6 Å². The number of nitrogens with zero attached hydrogens (tertiary/aromatic N) is 1. The Balaban J connectivity index is 2.34. The summed E-state index contributed by atoms with van der Waals surface area (Å²) in [6, 6.07) is -0.00172. The molecule has 2 unspecified atom stereocenters. The van der Waals surface area contributed by atoms with Crippen LogP contribution < -0.4 is 5.32 Å². The summed E-state index contributed by atoms with van der Waals surface area (Å²) in [5, 5.41) is 12.3. The molecule has 0 radical (unpaired) electrons. The van der Waals surface area contributed by atoms with E-state index in [1.54, 1.807) is 0 Å². The highest BCUT2D eigenvalue weighted by atomic mass is 16.4. The molecule has 1 saturated heterocycles. The Labute approximate surface area is 104 Å². The minimum absolute atomic E-state index is 0.126. The lowest BCUT2D eigenvalue weighted by atomic mass is 10.0. The molecule has 1 rings (SSSR count). The van der Waals surface area contributed by atoms with Gasteiger partial charge in [-0.1, -0.05) is 20.3 Å². The molecule has 1 aliphatic rings. The van der Waals surface area contributed by atoms with E-state index in [1.165, 1.54) is 19.3 Å². The molecule has 100 valence electrons. The van der Waals surface area contributed by atoms with Gasteiger partial charge in [0, 0.05) is 12.6 Å². The largest absolute Gasteiger partial charge is 0.480 e. The van der Waals surface area contributed by atoms with Crippen LogP contribution in [-0.2, 0) is 4.79 Å². The number of carboxylic acid groups (broad SMARTS) is 1. The zero-order valence-corrected chi connectivity index (χ0v) is 11.3. The van der Waals surface area contributed by atoms with E-state index in [0.29, 0.717) is 6.04 Å². The fraction of sp³-hybridized carbons (Fsp3) is 0.923. The van der Waals surface area contributed by atoms with E-state index in [1.807, 2.05) is 13.8 Å². The van der Waals surface area contributed by atoms with Crippen molar-refractivity contribution in [3.63, 3.8) is 0 Å². The van der Waals surface area contributed by atoms with Gasteiger partial charge in [-0.15, -0.1) is 0 Å². The SMILES string of the molecule is CC(C)C(NCC(C)N1CCCCC1)C(=O)O. The van der Waals surface area contributed by atoms with Crippen LogP contribution in [0.15, 0.2) is 0 Å². The number of carboxylic acids is 1. The summed E-state index contributed by atoms with van der Waals surface area (Å²) in [4.78, 5) is 13.5. The Kier molecular flexibility index (Phi) is 5.92. The quantitative estimate of drug-likeness (QED) is 0.742. The van der Waals surface area contributed by atoms with Gasteiger partial charge in [0.25, 0.3) is 0 Å². The molecule has 1 fully saturated rings. The van der Waals surface area contributed by atoms with Crippen molar-refractivity contribution in [2.45, 2.75) is 52.1 Å². The first-order chi connectivity index (χ1) is 8.02. The molecule has 0 amide bonds. The second-order valence-electron chi connectivity index (χ2n) is 5.41. The van der Waals surface area contributed by atoms with Gasteiger partial charge in [-0.3, -0.25) is 9.69 Å². The van der Waals surface area contributed by atoms with Crippen molar-refractivity contribution in [2.75, 3.05) is 19.6 Å². The molecular formula is C13H26N2O2. The molecule has 1 aliphatic heterocycles. The fourth-order valence-corrected chi connectivity index (χ4v) is 2.39. The smallest absolute Gasteiger partial charge is 0.320 e. The predicted octanol–water partition coefficient (Wildman–Crippen LogP) is 1.56. The second kappa shape index (κ2) is 6.97. The molecule has 2 atom stereocenters. The van der Waals surface area contributed by atoms with Gasteiger partial charge in [-0.2, -0.15) is 0 Å². The van der Waals surface area contributed by atoms with Crippen LogP contribution in [0.2, 0.25) is 0 Å². The molecule has 0 spiro atoms. The Hall–Kier alpha value is -0.610. The van der Waals surface area contributed by atoms with Crippen LogP contribution in [0.3, 0.4) is 0 Å². The summed E-state index contributed by atoms with van der Waals surface area (Å²) in [6.07, 6.45) is 3.88. The van der Waals surface area contributed by atoms with Gasteiger partial charge in [-0.25, -0.2) is 0 Å². The molecule has 1 heterocycles. The van der Waals surface area contributed by atoms with E-state index >= 15 is 0 Å². The molecule has 0 aliphatic carbocycles. The van der Waals surface area contributed by atoms with Crippen LogP contribution in [-0.4, -0.2) is 47.7 Å². The Morgan fingerprint density at radius 1 is 1.24 bits per heavy atom. The van der Waals surface area contributed by atoms with Crippen molar-refractivity contribution >= 4 is 5.97 Å². The summed E-state index contributed by atoms with van der Waals surface area (Å²) in [7, 11) is 0. The van der Waals surface area contributed by atoms with Gasteiger partial charge in [0.05, 0.1) is 0 Å². The van der Waals surface area contributed by atoms with Crippen molar-refractivity contribution in [3.8, 4) is 0 Å². The Morgan fingerprint density at radius 2 is 1.82 bits per heavy atom. The summed E-state index contributed by atoms with van der Waals surface area (Å²) < 4.78 is 0. The van der Waals surface area contributed by atoms with Crippen molar-refractivity contribution in [2.24, 2.45) is 5.92 Å². The van der Waals surface area contributed by atoms with Gasteiger partial charge >= 0.3 is 5.97 Å². The lowest BCUT2D eigenvalue weighted by Crippen LogP contribution is -2.49. The van der Waals surface area contributed by atoms with Gasteiger partial charge in [0.15, 0.2) is 0 Å². The molecule has 17 heavy (non-hydrogen) atoms. The van der Waals surface area contributed by atoms with E-state index in [9.17, 15) is 4.79 Å². The summed E-state index contributed by atoms with van der Waals surface area (Å²) in [5.41, 5.74) is 0. The lowest BCUT2D eigenvalue weighted by Gasteiger charge is -2.33. The van der Waals surface area contributed by atoms with Gasteiger partial charge in [-0.05, 0) is 38.8 Å². The molecule has 0 aromatic rings. The third-order valence-electron chi connectivity index (χ3n) is 3.58. The average Bonchev–Trinajstić information content (AvgIpc) is 2.29. The van der Waals surface area contributed by atoms with Gasteiger partial charge in [0.1, 0.15) is 6.04 Å². The molecular weight excluding hydrogens is 216 g/mol. The van der Waals surface area contributed by atoms with Crippen LogP contribution in [0.25, 0.3) is 0 Å². The number of likely N-dealkylation sites (tertiary alicyclic amines) is 1. The van der Waals surface area contributed by atoms with Gasteiger partial charge < -0.3 is 10.4 Å². The highest BCUT2D eigenvalue weighted by Crippen LogP contribution is 2.12. The fourth-order valence-electron chi connectivity index (χ4n) is 2.39. The van der Waals surface area contributed by atoms with Gasteiger partial charge in [0.2, 0.25) is 0 Å². The molecule has 2 N–H and O–H groups in total. The maximum atomic E-state index is 11.1. The maximum absolute atomic E-state index is 11.1. The van der Waals surface area contributed by atoms with Crippen molar-refractivity contribution < 1.29 is 9.90 Å². The summed E-state index contributed by atoms with van der Waals surface area (Å²) in [5.74, 6) is -0.619. The minimum atomic E-state index is -0.745. The first-order valence-electron chi connectivity index (χ1n) is 6.72. The Bertz CT molecular complexity index is 238. The highest BCUT2D eigenvalue weighted by Gasteiger charge is 2.23. The average molecular weight is 242 g/mol. The Morgan fingerprint density at radius 3 is 2.29 bits per heavy atom. The number of nitrogens with one attached hydrogen (secondary N) is 1. The van der Waals surface area contributed by atoms with Crippen LogP contribution in [0.4, 0.5) is 0 Å². The van der Waals surface area contributed by atoms with Crippen LogP contribution in [0.1, 0.15) is 40.0 Å². The third kappa shape index (κ3) is 4.64. The van der Waals surface area contributed by atoms with E-state index < -0.39 is 12.0 Å². The van der Waals surface area contributed by atoms with E-state index in [-0.39, 0.29) is 5.92 Å². The van der Waals surface area contributed by atoms with Crippen molar-refractivity contribution in [3.05, 3.63) is 0 Å². The maximum Gasteiger partial charge on any atom is 0.320 e. The monoisotopic (exact) mass is 242 g/mol. The number of hydrogen-bond donors (Lipinski definition) is 2. The number of aliphatic carboxylic acids is 1. The normalized spacial score (nSPS) is 21.4. The standard InChI is InChI=1S/C13H26N2O2/c1-10(2)12(13(16)17)14-9-11(3)15-7-5-4-6-8-15/h10-12,14H,4-9H2,1-3H3,(H,16,17). The van der Waals surface area contributed by atoms with Crippen LogP contribution >= 0.6 is 0 Å². The molecule has 4 nitrogen and oxygen atoms in total. The summed E-state index contributed by atoms with van der Waals surface area (Å²) >= 11 is 0. The van der Waals surface area contributed by atoms with E-state index in [2.05, 4.69) is 17.1 Å². The number of hydrogen-bond acceptors (Lipinski definition) is 3. The number of rotatable bonds is 6. The molecule has 0 saturated carbocycles. The molecule has 0 bridgehead atoms. The predicted molar refractivity (Wildman–Crippen MR) is 69.2 cm³/mol. The number of piperidine rings is 1. The summed E-state index contributed by atoms with van der Waals surface area (Å²) in [6.45, 7) is 9.13. The van der Waals surface area contributed by atoms with Crippen LogP contribution in [0.5, 0.6) is 0 Å². The van der Waals surface area contributed by atoms with Crippen molar-refractivity contribution in [1.29, 1.82) is 0 Å². The molecule has 0 aromatic heterocycles. The van der Waals surface area contributed by atoms with E-state index in [4.69, 9.17) is 5.11 Å².